The number of piperazine rings is 1. The first-order chi connectivity index (χ1) is 18.6. The minimum absolute atomic E-state index is 0.0511. The second-order valence-electron chi connectivity index (χ2n) is 7.86. The molecule has 35 heavy (non-hydrogen) atoms. The van der Waals surface area contributed by atoms with E-state index < -0.39 is 29.7 Å². The number of methoxy groups -OCH3 is 1. The number of ether oxygens (including phenoxy) is 1. The molecule has 0 atom stereocenters. The fourth-order valence-electron chi connectivity index (χ4n) is 3.94. The van der Waals surface area contributed by atoms with Crippen molar-refractivity contribution in [2.24, 2.45) is 0 Å². The summed E-state index contributed by atoms with van der Waals surface area (Å²) in [4.78, 5) is 49.6. The van der Waals surface area contributed by atoms with E-state index in [4.69, 9.17) is 10.2 Å². The van der Waals surface area contributed by atoms with Crippen LogP contribution in [0.2, 0.25) is 0 Å². The summed E-state index contributed by atoms with van der Waals surface area (Å²) in [5, 5.41) is 8.07. The molecule has 178 valence electrons. The number of carbonyl (C=O) groups excluding carboxylic acids is 3. The number of hydrogen-bond donors (Lipinski definition) is 1. The monoisotopic (exact) mass is 477 g/mol. The number of ketones is 1. The Balaban J connectivity index is 1.36. The van der Waals surface area contributed by atoms with Crippen molar-refractivity contribution in [2.75, 3.05) is 33.3 Å². The van der Waals surface area contributed by atoms with E-state index in [0.29, 0.717) is 22.5 Å². The largest absolute Gasteiger partial charge is 0.494 e. The second-order valence-corrected chi connectivity index (χ2v) is 7.86. The minimum Gasteiger partial charge on any atom is -0.494 e. The van der Waals surface area contributed by atoms with Crippen molar-refractivity contribution in [3.05, 3.63) is 65.6 Å². The van der Waals surface area contributed by atoms with Gasteiger partial charge < -0.3 is 19.5 Å². The number of fused-ring (bicyclic) bond motifs is 1. The minimum atomic E-state index is -0.770. The molecular weight excluding hydrogens is 450 g/mol. The highest BCUT2D eigenvalue weighted by Crippen LogP contribution is 2.31. The maximum absolute atomic E-state index is 13.3. The van der Waals surface area contributed by atoms with Crippen molar-refractivity contribution in [3.8, 4) is 11.6 Å². The van der Waals surface area contributed by atoms with Crippen molar-refractivity contribution < 1.29 is 24.6 Å². The van der Waals surface area contributed by atoms with Crippen molar-refractivity contribution in [3.63, 3.8) is 0 Å². The van der Waals surface area contributed by atoms with Gasteiger partial charge in [-0.05, 0) is 19.0 Å². The molecule has 4 aromatic rings. The molecular formula is C24H23N7O4. The Labute approximate surface area is 205 Å². The molecule has 5 rings (SSSR count). The number of aromatic amines is 1. The van der Waals surface area contributed by atoms with Crippen LogP contribution in [0.4, 0.5) is 0 Å². The Bertz CT molecular complexity index is 1600. The Kier molecular flexibility index (Phi) is 4.60. The molecule has 0 saturated carbocycles. The quantitative estimate of drug-likeness (QED) is 0.342. The molecule has 0 bridgehead atoms. The predicted octanol–water partition coefficient (Wildman–Crippen LogP) is 1.63. The SMILES string of the molecule is [2H]c1c([2H])c(C(=O)N2CCN(C(=O)C(=O)c3c[nH]c4c(-n5ccnn5)ncc(OC)c34)CC2)c([2H])c([2H])c1C. The van der Waals surface area contributed by atoms with Crippen LogP contribution in [0.1, 0.15) is 31.8 Å². The van der Waals surface area contributed by atoms with Crippen LogP contribution in [0.3, 0.4) is 0 Å². The zero-order valence-electron chi connectivity index (χ0n) is 23.0. The molecule has 1 fully saturated rings. The number of Topliss-reactive ketones (excluding diaryl/α,β-unsaturated/α-hetero) is 1. The molecule has 0 radical (unpaired) electrons. The topological polar surface area (TPSA) is 126 Å². The molecule has 0 unspecified atom stereocenters. The van der Waals surface area contributed by atoms with Gasteiger partial charge in [0, 0.05) is 37.9 Å². The lowest BCUT2D eigenvalue weighted by atomic mass is 10.1. The Morgan fingerprint density at radius 3 is 2.46 bits per heavy atom. The zero-order valence-corrected chi connectivity index (χ0v) is 19.0. The summed E-state index contributed by atoms with van der Waals surface area (Å²) >= 11 is 0. The van der Waals surface area contributed by atoms with Gasteiger partial charge in [0.2, 0.25) is 0 Å². The molecule has 11 nitrogen and oxygen atoms in total. The van der Waals surface area contributed by atoms with Crippen molar-refractivity contribution in [2.45, 2.75) is 6.92 Å². The number of pyridine rings is 1. The van der Waals surface area contributed by atoms with Crippen LogP contribution in [0.25, 0.3) is 16.7 Å². The summed E-state index contributed by atoms with van der Waals surface area (Å²) in [6, 6.07) is -1.34. The van der Waals surface area contributed by atoms with Gasteiger partial charge in [-0.25, -0.2) is 9.67 Å². The number of amides is 2. The van der Waals surface area contributed by atoms with E-state index in [1.165, 1.54) is 47.1 Å². The van der Waals surface area contributed by atoms with Crippen LogP contribution >= 0.6 is 0 Å². The molecule has 1 N–H and O–H groups in total. The van der Waals surface area contributed by atoms with Gasteiger partial charge in [0.15, 0.2) is 5.82 Å². The van der Waals surface area contributed by atoms with E-state index in [9.17, 15) is 14.4 Å². The van der Waals surface area contributed by atoms with Crippen molar-refractivity contribution in [1.29, 1.82) is 0 Å². The van der Waals surface area contributed by atoms with Crippen LogP contribution < -0.4 is 4.74 Å². The predicted molar refractivity (Wildman–Crippen MR) is 126 cm³/mol. The van der Waals surface area contributed by atoms with Gasteiger partial charge >= 0.3 is 0 Å². The highest BCUT2D eigenvalue weighted by Gasteiger charge is 2.31. The van der Waals surface area contributed by atoms with E-state index in [2.05, 4.69) is 20.3 Å². The molecule has 0 spiro atoms. The lowest BCUT2D eigenvalue weighted by Crippen LogP contribution is -2.52. The van der Waals surface area contributed by atoms with Crippen LogP contribution in [0.15, 0.2) is 49.0 Å². The summed E-state index contributed by atoms with van der Waals surface area (Å²) in [7, 11) is 1.43. The molecule has 2 amide bonds. The number of hydrogen-bond acceptors (Lipinski definition) is 7. The standard InChI is InChI=1S/C24H23N7O4/c1-15-3-5-16(6-4-15)23(33)29-9-11-30(12-10-29)24(34)21(32)17-13-25-20-19(17)18(35-2)14-26-22(20)31-8-7-27-28-31/h3-8,13-14,25H,9-12H2,1-2H3/i3D,4D,5D,6D. The molecule has 1 aliphatic rings. The fraction of sp³-hybridized carbons (Fsp3) is 0.250. The molecule has 0 aliphatic carbocycles. The summed E-state index contributed by atoms with van der Waals surface area (Å²) in [5.41, 5.74) is 0.379. The number of rotatable bonds is 5. The highest BCUT2D eigenvalue weighted by molar-refractivity contribution is 6.45. The van der Waals surface area contributed by atoms with Crippen LogP contribution in [0.5, 0.6) is 5.75 Å². The first kappa shape index (κ1) is 17.9. The third kappa shape index (κ3) is 4.01. The first-order valence-electron chi connectivity index (χ1n) is 12.8. The van der Waals surface area contributed by atoms with Crippen molar-refractivity contribution >= 4 is 28.5 Å². The lowest BCUT2D eigenvalue weighted by molar-refractivity contribution is -0.127. The van der Waals surface area contributed by atoms with E-state index in [1.54, 1.807) is 6.20 Å². The lowest BCUT2D eigenvalue weighted by Gasteiger charge is -2.34. The number of H-pyrrole nitrogens is 1. The molecule has 1 saturated heterocycles. The third-order valence-electron chi connectivity index (χ3n) is 5.77. The van der Waals surface area contributed by atoms with Gasteiger partial charge in [0.05, 0.1) is 47.6 Å². The zero-order chi connectivity index (χ0) is 28.0. The normalized spacial score (nSPS) is 15.4. The van der Waals surface area contributed by atoms with Crippen LogP contribution in [-0.2, 0) is 4.79 Å². The van der Waals surface area contributed by atoms with E-state index in [1.807, 2.05) is 0 Å². The maximum atomic E-state index is 13.3. The Morgan fingerprint density at radius 2 is 1.80 bits per heavy atom. The van der Waals surface area contributed by atoms with Crippen molar-refractivity contribution in [1.82, 2.24) is 34.8 Å². The van der Waals surface area contributed by atoms with Crippen LogP contribution in [0, 0.1) is 6.92 Å². The second kappa shape index (κ2) is 9.01. The van der Waals surface area contributed by atoms with Gasteiger partial charge in [0.25, 0.3) is 17.6 Å². The molecule has 11 heteroatoms. The molecule has 3 aromatic heterocycles. The summed E-state index contributed by atoms with van der Waals surface area (Å²) < 4.78 is 39.1. The summed E-state index contributed by atoms with van der Waals surface area (Å²) in [5.74, 6) is -1.52. The number of benzene rings is 1. The van der Waals surface area contributed by atoms with Gasteiger partial charge in [-0.3, -0.25) is 14.4 Å². The van der Waals surface area contributed by atoms with Gasteiger partial charge in [-0.15, -0.1) is 5.10 Å². The van der Waals surface area contributed by atoms with Crippen LogP contribution in [-0.4, -0.2) is 85.6 Å². The maximum Gasteiger partial charge on any atom is 0.295 e. The average Bonchev–Trinajstić information content (AvgIpc) is 3.65. The number of nitrogens with zero attached hydrogens (tertiary/aromatic N) is 6. The average molecular weight is 478 g/mol. The summed E-state index contributed by atoms with van der Waals surface area (Å²) in [6.45, 7) is 1.68. The van der Waals surface area contributed by atoms with Gasteiger partial charge in [-0.2, -0.15) is 0 Å². The first-order valence-corrected chi connectivity index (χ1v) is 10.8. The highest BCUT2D eigenvalue weighted by atomic mass is 16.5. The Hall–Kier alpha value is -4.54. The third-order valence-corrected chi connectivity index (χ3v) is 5.77. The van der Waals surface area contributed by atoms with E-state index in [-0.39, 0.29) is 55.0 Å². The Morgan fingerprint density at radius 1 is 1.09 bits per heavy atom. The fourth-order valence-corrected chi connectivity index (χ4v) is 3.94. The number of nitrogens with one attached hydrogen (secondary N) is 1. The molecule has 4 heterocycles. The summed E-state index contributed by atoms with van der Waals surface area (Å²) in [6.07, 6.45) is 5.90. The molecule has 1 aromatic carbocycles. The number of aromatic nitrogens is 5. The number of carbonyl (C=O) groups is 3. The van der Waals surface area contributed by atoms with E-state index in [0.717, 1.165) is 0 Å². The van der Waals surface area contributed by atoms with E-state index >= 15 is 0 Å². The smallest absolute Gasteiger partial charge is 0.295 e. The van der Waals surface area contributed by atoms with Gasteiger partial charge in [-0.1, -0.05) is 22.9 Å². The van der Waals surface area contributed by atoms with Gasteiger partial charge in [0.1, 0.15) is 5.75 Å². The molecule has 1 aliphatic heterocycles.